The quantitative estimate of drug-likeness (QED) is 0.222. The highest BCUT2D eigenvalue weighted by atomic mass is 16.7. The molecule has 1 aliphatic rings. The molecule has 1 saturated heterocycles. The highest BCUT2D eigenvalue weighted by Crippen LogP contribution is 2.28. The summed E-state index contributed by atoms with van der Waals surface area (Å²) in [5.74, 6) is 0.775. The van der Waals surface area contributed by atoms with Crippen LogP contribution in [0.25, 0.3) is 6.08 Å². The van der Waals surface area contributed by atoms with Gasteiger partial charge in [0.1, 0.15) is 30.2 Å². The van der Waals surface area contributed by atoms with E-state index in [1.54, 1.807) is 13.8 Å². The van der Waals surface area contributed by atoms with E-state index >= 15 is 0 Å². The van der Waals surface area contributed by atoms with Crippen LogP contribution >= 0.6 is 0 Å². The Morgan fingerprint density at radius 3 is 2.35 bits per heavy atom. The molecule has 9 nitrogen and oxygen atoms in total. The summed E-state index contributed by atoms with van der Waals surface area (Å²) in [5, 5.41) is 40.1. The molecule has 9 heteroatoms. The van der Waals surface area contributed by atoms with Crippen LogP contribution in [0.3, 0.4) is 0 Å². The summed E-state index contributed by atoms with van der Waals surface area (Å²) in [5.41, 5.74) is 2.83. The van der Waals surface area contributed by atoms with Gasteiger partial charge in [-0.2, -0.15) is 0 Å². The van der Waals surface area contributed by atoms with E-state index in [2.05, 4.69) is 19.1 Å². The maximum atomic E-state index is 12.4. The number of rotatable bonds is 12. The lowest BCUT2D eigenvalue weighted by Crippen LogP contribution is -2.60. The third-order valence-electron chi connectivity index (χ3n) is 7.25. The number of aliphatic hydroxyl groups is 4. The van der Waals surface area contributed by atoms with Crippen molar-refractivity contribution in [3.63, 3.8) is 0 Å². The second-order valence-corrected chi connectivity index (χ2v) is 10.6. The highest BCUT2D eigenvalue weighted by molar-refractivity contribution is 5.49. The van der Waals surface area contributed by atoms with Gasteiger partial charge in [0.15, 0.2) is 11.7 Å². The van der Waals surface area contributed by atoms with Gasteiger partial charge in [-0.15, -0.1) is 0 Å². The van der Waals surface area contributed by atoms with E-state index in [-0.39, 0.29) is 23.2 Å². The molecule has 8 unspecified atom stereocenters. The molecule has 1 aliphatic heterocycles. The van der Waals surface area contributed by atoms with E-state index in [1.807, 2.05) is 52.0 Å². The summed E-state index contributed by atoms with van der Waals surface area (Å²) in [7, 11) is 1.47. The number of hydrogen-bond donors (Lipinski definition) is 4. The summed E-state index contributed by atoms with van der Waals surface area (Å²) in [6.45, 7) is 12.7. The topological polar surface area (TPSA) is 139 Å². The number of hydrogen-bond acceptors (Lipinski definition) is 9. The van der Waals surface area contributed by atoms with Crippen molar-refractivity contribution in [1.82, 2.24) is 0 Å². The van der Waals surface area contributed by atoms with Gasteiger partial charge >= 0.3 is 0 Å². The predicted molar refractivity (Wildman–Crippen MR) is 154 cm³/mol. The van der Waals surface area contributed by atoms with Crippen molar-refractivity contribution in [2.75, 3.05) is 13.7 Å². The van der Waals surface area contributed by atoms with Gasteiger partial charge in [-0.05, 0) is 58.6 Å². The molecule has 0 amide bonds. The van der Waals surface area contributed by atoms with E-state index in [4.69, 9.17) is 18.6 Å². The zero-order chi connectivity index (χ0) is 30.1. The SMILES string of the molecule is CC=C(C)C(OC1OC(CO)C(O)C(O)C1O)C(C)C=C(C)C=CCC(C)C=Cc1oc(OC)c(C)c(=O)c1C. The normalized spacial score (nSPS) is 26.9. The van der Waals surface area contributed by atoms with Crippen molar-refractivity contribution in [3.8, 4) is 5.95 Å². The Labute approximate surface area is 237 Å². The minimum atomic E-state index is -1.50. The van der Waals surface area contributed by atoms with E-state index < -0.39 is 43.4 Å². The molecule has 2 heterocycles. The average molecular weight is 563 g/mol. The zero-order valence-corrected chi connectivity index (χ0v) is 24.8. The Bertz CT molecular complexity index is 1140. The fourth-order valence-corrected chi connectivity index (χ4v) is 4.58. The predicted octanol–water partition coefficient (Wildman–Crippen LogP) is 3.59. The molecule has 0 aromatic carbocycles. The third-order valence-corrected chi connectivity index (χ3v) is 7.25. The van der Waals surface area contributed by atoms with Crippen molar-refractivity contribution in [2.45, 2.75) is 91.7 Å². The molecule has 1 aromatic rings. The van der Waals surface area contributed by atoms with Crippen LogP contribution in [0, 0.1) is 25.7 Å². The third kappa shape index (κ3) is 8.49. The summed E-state index contributed by atoms with van der Waals surface area (Å²) in [6, 6.07) is 0. The van der Waals surface area contributed by atoms with Gasteiger partial charge in [-0.25, -0.2) is 0 Å². The average Bonchev–Trinajstić information content (AvgIpc) is 2.93. The molecular formula is C31H46O9. The standard InChI is InChI=1S/C31H46O9/c1-9-19(4)29(40-31-28(36)27(35)26(34)24(16-32)39-31)20(5)15-18(3)12-10-11-17(2)13-14-23-21(6)25(33)22(7)30(37-8)38-23/h9-10,12-15,17,20,24,26-29,31-32,34-36H,11,16H2,1-8H3. The molecule has 8 atom stereocenters. The molecule has 0 saturated carbocycles. The van der Waals surface area contributed by atoms with Crippen molar-refractivity contribution in [1.29, 1.82) is 0 Å². The first-order chi connectivity index (χ1) is 18.9. The Morgan fingerprint density at radius 1 is 1.07 bits per heavy atom. The van der Waals surface area contributed by atoms with Crippen LogP contribution in [-0.4, -0.2) is 71.0 Å². The van der Waals surface area contributed by atoms with Crippen molar-refractivity contribution in [2.24, 2.45) is 11.8 Å². The van der Waals surface area contributed by atoms with E-state index in [0.29, 0.717) is 16.9 Å². The maximum absolute atomic E-state index is 12.4. The van der Waals surface area contributed by atoms with Crippen LogP contribution in [0.2, 0.25) is 0 Å². The number of allylic oxidation sites excluding steroid dienone is 5. The summed E-state index contributed by atoms with van der Waals surface area (Å²) in [4.78, 5) is 12.4. The van der Waals surface area contributed by atoms with Crippen molar-refractivity contribution >= 4 is 6.08 Å². The molecule has 40 heavy (non-hydrogen) atoms. The van der Waals surface area contributed by atoms with Crippen LogP contribution in [0.4, 0.5) is 0 Å². The van der Waals surface area contributed by atoms with Crippen molar-refractivity contribution < 1.29 is 39.1 Å². The van der Waals surface area contributed by atoms with Gasteiger partial charge in [0.25, 0.3) is 5.95 Å². The molecule has 0 bridgehead atoms. The van der Waals surface area contributed by atoms with E-state index in [0.717, 1.165) is 17.6 Å². The number of aliphatic hydroxyl groups excluding tert-OH is 4. The maximum Gasteiger partial charge on any atom is 0.291 e. The Balaban J connectivity index is 2.07. The molecule has 4 N–H and O–H groups in total. The molecule has 1 fully saturated rings. The number of ether oxygens (including phenoxy) is 3. The summed E-state index contributed by atoms with van der Waals surface area (Å²) in [6.07, 6.45) is 5.50. The van der Waals surface area contributed by atoms with Gasteiger partial charge in [0.05, 0.1) is 25.4 Å². The molecular weight excluding hydrogens is 516 g/mol. The van der Waals surface area contributed by atoms with Gasteiger partial charge in [-0.3, -0.25) is 4.79 Å². The molecule has 2 rings (SSSR count). The van der Waals surface area contributed by atoms with Gasteiger partial charge in [0.2, 0.25) is 0 Å². The molecule has 0 radical (unpaired) electrons. The lowest BCUT2D eigenvalue weighted by Gasteiger charge is -2.41. The lowest BCUT2D eigenvalue weighted by molar-refractivity contribution is -0.310. The Kier molecular flexibility index (Phi) is 13.0. The minimum Gasteiger partial charge on any atom is -0.468 e. The van der Waals surface area contributed by atoms with Gasteiger partial charge in [0, 0.05) is 11.5 Å². The Hall–Kier alpha value is -2.53. The first-order valence-electron chi connectivity index (χ1n) is 13.7. The molecule has 0 spiro atoms. The van der Waals surface area contributed by atoms with Crippen LogP contribution in [0.1, 0.15) is 57.9 Å². The van der Waals surface area contributed by atoms with Gasteiger partial charge in [-0.1, -0.05) is 49.8 Å². The summed E-state index contributed by atoms with van der Waals surface area (Å²) >= 11 is 0. The minimum absolute atomic E-state index is 0.0906. The molecule has 0 aliphatic carbocycles. The lowest BCUT2D eigenvalue weighted by atomic mass is 9.94. The molecule has 224 valence electrons. The van der Waals surface area contributed by atoms with Crippen LogP contribution < -0.4 is 10.2 Å². The zero-order valence-electron chi connectivity index (χ0n) is 24.8. The number of methoxy groups -OCH3 is 1. The first-order valence-corrected chi connectivity index (χ1v) is 13.7. The molecule has 1 aromatic heterocycles. The van der Waals surface area contributed by atoms with E-state index in [9.17, 15) is 25.2 Å². The fourth-order valence-electron chi connectivity index (χ4n) is 4.58. The van der Waals surface area contributed by atoms with Crippen LogP contribution in [0.15, 0.2) is 50.7 Å². The largest absolute Gasteiger partial charge is 0.468 e. The second-order valence-electron chi connectivity index (χ2n) is 10.6. The second kappa shape index (κ2) is 15.5. The Morgan fingerprint density at radius 2 is 1.75 bits per heavy atom. The summed E-state index contributed by atoms with van der Waals surface area (Å²) < 4.78 is 22.5. The van der Waals surface area contributed by atoms with Crippen LogP contribution in [-0.2, 0) is 9.47 Å². The smallest absolute Gasteiger partial charge is 0.291 e. The van der Waals surface area contributed by atoms with Crippen LogP contribution in [0.5, 0.6) is 5.95 Å². The van der Waals surface area contributed by atoms with Crippen molar-refractivity contribution in [3.05, 3.63) is 68.6 Å². The monoisotopic (exact) mass is 562 g/mol. The van der Waals surface area contributed by atoms with E-state index in [1.165, 1.54) is 7.11 Å². The van der Waals surface area contributed by atoms with Gasteiger partial charge < -0.3 is 39.1 Å². The fraction of sp³-hybridized carbons (Fsp3) is 0.581. The first kappa shape index (κ1) is 33.7. The highest BCUT2D eigenvalue weighted by Gasteiger charge is 2.45.